The lowest BCUT2D eigenvalue weighted by molar-refractivity contribution is -0.119. The number of anilines is 1. The van der Waals surface area contributed by atoms with Crippen molar-refractivity contribution in [1.82, 2.24) is 14.9 Å². The van der Waals surface area contributed by atoms with Gasteiger partial charge in [0.15, 0.2) is 5.82 Å². The third kappa shape index (κ3) is 6.73. The molecule has 0 saturated heterocycles. The monoisotopic (exact) mass is 322 g/mol. The number of hydrogen-bond donors (Lipinski definition) is 2. The number of carbonyl (C=O) groups is 1. The van der Waals surface area contributed by atoms with Crippen LogP contribution in [0.25, 0.3) is 0 Å². The lowest BCUT2D eigenvalue weighted by atomic mass is 9.96. The number of hydrogen-bond acceptors (Lipinski definition) is 3. The highest BCUT2D eigenvalue weighted by atomic mass is 16.1. The maximum absolute atomic E-state index is 12.1. The number of carbonyl (C=O) groups excluding carboxylic acids is 1. The second kappa shape index (κ2) is 7.95. The number of amides is 1. The van der Waals surface area contributed by atoms with E-state index in [9.17, 15) is 4.79 Å². The van der Waals surface area contributed by atoms with Gasteiger partial charge >= 0.3 is 0 Å². The predicted octanol–water partition coefficient (Wildman–Crippen LogP) is 3.63. The Morgan fingerprint density at radius 1 is 1.26 bits per heavy atom. The van der Waals surface area contributed by atoms with Crippen molar-refractivity contribution in [1.29, 1.82) is 0 Å². The first-order chi connectivity index (χ1) is 10.5. The van der Waals surface area contributed by atoms with E-state index in [0.717, 1.165) is 25.9 Å². The Morgan fingerprint density at radius 2 is 1.91 bits per heavy atom. The molecule has 5 nitrogen and oxygen atoms in total. The average Bonchev–Trinajstić information content (AvgIpc) is 2.86. The molecule has 1 atom stereocenters. The second-order valence-electron chi connectivity index (χ2n) is 8.32. The molecule has 0 unspecified atom stereocenters. The Labute approximate surface area is 141 Å². The highest BCUT2D eigenvalue weighted by Gasteiger charge is 2.22. The molecule has 0 spiro atoms. The molecule has 0 saturated carbocycles. The van der Waals surface area contributed by atoms with E-state index >= 15 is 0 Å². The summed E-state index contributed by atoms with van der Waals surface area (Å²) in [5.41, 5.74) is 0.163. The number of nitrogens with one attached hydrogen (secondary N) is 2. The van der Waals surface area contributed by atoms with Crippen molar-refractivity contribution in [3.05, 3.63) is 12.5 Å². The maximum Gasteiger partial charge on any atom is 0.228 e. The minimum atomic E-state index is -0.101. The van der Waals surface area contributed by atoms with Crippen LogP contribution in [-0.4, -0.2) is 28.5 Å². The van der Waals surface area contributed by atoms with Crippen molar-refractivity contribution < 1.29 is 4.79 Å². The van der Waals surface area contributed by atoms with Gasteiger partial charge in [0.1, 0.15) is 0 Å². The van der Waals surface area contributed by atoms with Gasteiger partial charge < -0.3 is 15.2 Å². The molecule has 5 heteroatoms. The standard InChI is InChI=1S/C18H34N4O/c1-8-9-14(2)16(23)21-15-10-22(13-20-15)18(6,7)12-19-11-17(3,4)5/h10,13-14,19H,8-9,11-12H2,1-7H3,(H,21,23)/t14-/m0/s1. The van der Waals surface area contributed by atoms with Crippen LogP contribution in [0.4, 0.5) is 5.82 Å². The molecule has 23 heavy (non-hydrogen) atoms. The van der Waals surface area contributed by atoms with Gasteiger partial charge in [-0.15, -0.1) is 0 Å². The van der Waals surface area contributed by atoms with Gasteiger partial charge in [-0.25, -0.2) is 4.98 Å². The summed E-state index contributed by atoms with van der Waals surface area (Å²) in [6.45, 7) is 16.8. The van der Waals surface area contributed by atoms with Gasteiger partial charge in [0.25, 0.3) is 0 Å². The number of rotatable bonds is 8. The van der Waals surface area contributed by atoms with Crippen molar-refractivity contribution in [3.63, 3.8) is 0 Å². The molecule has 0 bridgehead atoms. The summed E-state index contributed by atoms with van der Waals surface area (Å²) in [5.74, 6) is 0.689. The number of imidazole rings is 1. The van der Waals surface area contributed by atoms with E-state index in [1.165, 1.54) is 0 Å². The summed E-state index contributed by atoms with van der Waals surface area (Å²) in [7, 11) is 0. The van der Waals surface area contributed by atoms with Crippen molar-refractivity contribution in [3.8, 4) is 0 Å². The minimum absolute atomic E-state index is 0.0200. The summed E-state index contributed by atoms with van der Waals surface area (Å²) in [4.78, 5) is 16.4. The van der Waals surface area contributed by atoms with Gasteiger partial charge in [-0.1, -0.05) is 41.0 Å². The van der Waals surface area contributed by atoms with Crippen LogP contribution in [0.1, 0.15) is 61.3 Å². The first-order valence-corrected chi connectivity index (χ1v) is 8.61. The summed E-state index contributed by atoms with van der Waals surface area (Å²) >= 11 is 0. The highest BCUT2D eigenvalue weighted by molar-refractivity contribution is 5.91. The van der Waals surface area contributed by atoms with E-state index < -0.39 is 0 Å². The Bertz CT molecular complexity index is 499. The molecule has 0 aliphatic carbocycles. The Hall–Kier alpha value is -1.36. The molecule has 0 radical (unpaired) electrons. The van der Waals surface area contributed by atoms with E-state index in [1.807, 2.05) is 13.1 Å². The topological polar surface area (TPSA) is 59.0 Å². The molecule has 0 aliphatic rings. The van der Waals surface area contributed by atoms with Crippen LogP contribution in [-0.2, 0) is 10.3 Å². The quantitative estimate of drug-likeness (QED) is 0.768. The van der Waals surface area contributed by atoms with Gasteiger partial charge in [0, 0.05) is 25.2 Å². The molecular formula is C18H34N4O. The largest absolute Gasteiger partial charge is 0.328 e. The summed E-state index contributed by atoms with van der Waals surface area (Å²) in [6, 6.07) is 0. The van der Waals surface area contributed by atoms with Crippen LogP contribution in [0.5, 0.6) is 0 Å². The molecule has 1 heterocycles. The molecule has 1 rings (SSSR count). The molecule has 0 fully saturated rings. The van der Waals surface area contributed by atoms with Gasteiger partial charge in [-0.05, 0) is 25.7 Å². The molecule has 0 aliphatic heterocycles. The van der Waals surface area contributed by atoms with Gasteiger partial charge in [0.2, 0.25) is 5.91 Å². The normalized spacial score (nSPS) is 13.9. The maximum atomic E-state index is 12.1. The molecule has 1 aromatic rings. The third-order valence-corrected chi connectivity index (χ3v) is 3.92. The van der Waals surface area contributed by atoms with E-state index in [-0.39, 0.29) is 22.8 Å². The summed E-state index contributed by atoms with van der Waals surface area (Å²) in [5, 5.41) is 6.42. The first kappa shape index (κ1) is 19.7. The molecule has 1 amide bonds. The SMILES string of the molecule is CCC[C@H](C)C(=O)Nc1cn(C(C)(C)CNCC(C)(C)C)cn1. The Kier molecular flexibility index (Phi) is 6.81. The van der Waals surface area contributed by atoms with Crippen LogP contribution in [0.15, 0.2) is 12.5 Å². The fraction of sp³-hybridized carbons (Fsp3) is 0.778. The Balaban J connectivity index is 2.61. The fourth-order valence-electron chi connectivity index (χ4n) is 2.37. The average molecular weight is 322 g/mol. The zero-order valence-electron chi connectivity index (χ0n) is 15.9. The van der Waals surface area contributed by atoms with Crippen LogP contribution >= 0.6 is 0 Å². The zero-order chi connectivity index (χ0) is 17.7. The zero-order valence-corrected chi connectivity index (χ0v) is 15.9. The number of nitrogens with zero attached hydrogens (tertiary/aromatic N) is 2. The molecule has 1 aromatic heterocycles. The Morgan fingerprint density at radius 3 is 2.48 bits per heavy atom. The lowest BCUT2D eigenvalue weighted by Crippen LogP contribution is -2.40. The minimum Gasteiger partial charge on any atom is -0.328 e. The van der Waals surface area contributed by atoms with Crippen molar-refractivity contribution in [2.45, 2.75) is 66.8 Å². The van der Waals surface area contributed by atoms with E-state index in [4.69, 9.17) is 0 Å². The fourth-order valence-corrected chi connectivity index (χ4v) is 2.37. The van der Waals surface area contributed by atoms with Crippen LogP contribution in [0, 0.1) is 11.3 Å². The van der Waals surface area contributed by atoms with Crippen molar-refractivity contribution >= 4 is 11.7 Å². The van der Waals surface area contributed by atoms with Gasteiger partial charge in [-0.3, -0.25) is 4.79 Å². The molecule has 2 N–H and O–H groups in total. The van der Waals surface area contributed by atoms with Crippen LogP contribution < -0.4 is 10.6 Å². The third-order valence-electron chi connectivity index (χ3n) is 3.92. The van der Waals surface area contributed by atoms with Crippen molar-refractivity contribution in [2.75, 3.05) is 18.4 Å². The smallest absolute Gasteiger partial charge is 0.228 e. The molecular weight excluding hydrogens is 288 g/mol. The highest BCUT2D eigenvalue weighted by Crippen LogP contribution is 2.18. The molecule has 0 aromatic carbocycles. The number of aromatic nitrogens is 2. The van der Waals surface area contributed by atoms with E-state index in [1.54, 1.807) is 6.33 Å². The van der Waals surface area contributed by atoms with E-state index in [0.29, 0.717) is 5.82 Å². The van der Waals surface area contributed by atoms with Crippen LogP contribution in [0.3, 0.4) is 0 Å². The predicted molar refractivity (Wildman–Crippen MR) is 96.6 cm³/mol. The summed E-state index contributed by atoms with van der Waals surface area (Å²) < 4.78 is 2.06. The lowest BCUT2D eigenvalue weighted by Gasteiger charge is -2.29. The van der Waals surface area contributed by atoms with Crippen LogP contribution in [0.2, 0.25) is 0 Å². The van der Waals surface area contributed by atoms with Crippen molar-refractivity contribution in [2.24, 2.45) is 11.3 Å². The van der Waals surface area contributed by atoms with E-state index in [2.05, 4.69) is 61.7 Å². The molecule has 132 valence electrons. The second-order valence-corrected chi connectivity index (χ2v) is 8.32. The van der Waals surface area contributed by atoms with Gasteiger partial charge in [0.05, 0.1) is 11.9 Å². The summed E-state index contributed by atoms with van der Waals surface area (Å²) in [6.07, 6.45) is 5.61. The first-order valence-electron chi connectivity index (χ1n) is 8.61. The van der Waals surface area contributed by atoms with Gasteiger partial charge in [-0.2, -0.15) is 0 Å².